The summed E-state index contributed by atoms with van der Waals surface area (Å²) in [5.41, 5.74) is 16.2. The van der Waals surface area contributed by atoms with Gasteiger partial charge >= 0.3 is 5.97 Å². The monoisotopic (exact) mass is 428 g/mol. The van der Waals surface area contributed by atoms with Gasteiger partial charge < -0.3 is 37.8 Å². The van der Waals surface area contributed by atoms with E-state index in [1.807, 2.05) is 0 Å². The Morgan fingerprint density at radius 2 is 1.80 bits per heavy atom. The summed E-state index contributed by atoms with van der Waals surface area (Å²) < 4.78 is 0. The number of amides is 4. The zero-order chi connectivity index (χ0) is 22.8. The lowest BCUT2D eigenvalue weighted by Crippen LogP contribution is -2.57. The first kappa shape index (κ1) is 25.3. The Hall–Kier alpha value is -2.73. The van der Waals surface area contributed by atoms with Gasteiger partial charge in [0.05, 0.1) is 12.5 Å². The number of carbonyl (C=O) groups excluding carboxylic acids is 4. The van der Waals surface area contributed by atoms with Gasteiger partial charge in [0.15, 0.2) is 0 Å². The number of primary amides is 1. The van der Waals surface area contributed by atoms with Crippen molar-refractivity contribution in [1.82, 2.24) is 15.5 Å². The summed E-state index contributed by atoms with van der Waals surface area (Å²) in [5, 5.41) is 14.1. The zero-order valence-electron chi connectivity index (χ0n) is 17.1. The molecular formula is C18H32N6O6. The van der Waals surface area contributed by atoms with E-state index in [-0.39, 0.29) is 6.42 Å². The maximum Gasteiger partial charge on any atom is 0.326 e. The van der Waals surface area contributed by atoms with Gasteiger partial charge in [-0.15, -0.1) is 0 Å². The number of likely N-dealkylation sites (tertiary alicyclic amines) is 1. The van der Waals surface area contributed by atoms with Gasteiger partial charge in [-0.25, -0.2) is 4.79 Å². The number of nitrogens with zero attached hydrogens (tertiary/aromatic N) is 1. The smallest absolute Gasteiger partial charge is 0.326 e. The van der Waals surface area contributed by atoms with Crippen LogP contribution < -0.4 is 27.8 Å². The highest BCUT2D eigenvalue weighted by atomic mass is 16.4. The van der Waals surface area contributed by atoms with Crippen LogP contribution in [-0.4, -0.2) is 76.9 Å². The molecule has 12 heteroatoms. The number of rotatable bonds is 12. The molecule has 0 spiro atoms. The molecule has 30 heavy (non-hydrogen) atoms. The SMILES string of the molecule is CC(N)C(=O)N1CCCC1C(=O)NC(CC(N)=O)C(=O)NC(CCCCN)C(=O)O. The van der Waals surface area contributed by atoms with Crippen LogP contribution in [0.15, 0.2) is 0 Å². The average molecular weight is 428 g/mol. The van der Waals surface area contributed by atoms with Crippen molar-refractivity contribution >= 4 is 29.6 Å². The molecular weight excluding hydrogens is 396 g/mol. The van der Waals surface area contributed by atoms with Gasteiger partial charge in [-0.2, -0.15) is 0 Å². The van der Waals surface area contributed by atoms with E-state index in [0.29, 0.717) is 38.8 Å². The lowest BCUT2D eigenvalue weighted by molar-refractivity contribution is -0.143. The fourth-order valence-corrected chi connectivity index (χ4v) is 3.27. The normalized spacial score (nSPS) is 18.9. The number of nitrogens with one attached hydrogen (secondary N) is 2. The summed E-state index contributed by atoms with van der Waals surface area (Å²) in [6.07, 6.45) is 1.68. The van der Waals surface area contributed by atoms with Crippen molar-refractivity contribution in [2.24, 2.45) is 17.2 Å². The Labute approximate surface area is 174 Å². The van der Waals surface area contributed by atoms with Crippen molar-refractivity contribution in [1.29, 1.82) is 0 Å². The number of hydrogen-bond donors (Lipinski definition) is 6. The molecule has 4 atom stereocenters. The van der Waals surface area contributed by atoms with Crippen molar-refractivity contribution in [3.8, 4) is 0 Å². The molecule has 0 radical (unpaired) electrons. The molecule has 4 amide bonds. The second-order valence-corrected chi connectivity index (χ2v) is 7.39. The lowest BCUT2D eigenvalue weighted by atomic mass is 10.1. The van der Waals surface area contributed by atoms with Crippen LogP contribution in [0.4, 0.5) is 0 Å². The van der Waals surface area contributed by atoms with Crippen LogP contribution in [0, 0.1) is 0 Å². The fraction of sp³-hybridized carbons (Fsp3) is 0.722. The van der Waals surface area contributed by atoms with E-state index in [1.165, 1.54) is 11.8 Å². The number of carbonyl (C=O) groups is 5. The lowest BCUT2D eigenvalue weighted by Gasteiger charge is -2.27. The summed E-state index contributed by atoms with van der Waals surface area (Å²) in [6.45, 7) is 2.25. The standard InChI is InChI=1S/C18H32N6O6/c1-10(20)17(28)24-8-4-6-13(24)16(27)23-12(9-14(21)25)15(26)22-11(18(29)30)5-2-3-7-19/h10-13H,2-9,19-20H2,1H3,(H2,21,25)(H,22,26)(H,23,27)(H,29,30). The van der Waals surface area contributed by atoms with Gasteiger partial charge in [-0.05, 0) is 45.6 Å². The number of carboxylic acids is 1. The van der Waals surface area contributed by atoms with Crippen molar-refractivity contribution in [3.63, 3.8) is 0 Å². The summed E-state index contributed by atoms with van der Waals surface area (Å²) in [7, 11) is 0. The van der Waals surface area contributed by atoms with Gasteiger partial charge in [-0.3, -0.25) is 19.2 Å². The first-order chi connectivity index (χ1) is 14.1. The van der Waals surface area contributed by atoms with E-state index in [2.05, 4.69) is 10.6 Å². The first-order valence-electron chi connectivity index (χ1n) is 9.96. The molecule has 1 aliphatic heterocycles. The molecule has 12 nitrogen and oxygen atoms in total. The van der Waals surface area contributed by atoms with Crippen LogP contribution in [0.1, 0.15) is 45.4 Å². The van der Waals surface area contributed by atoms with E-state index in [1.54, 1.807) is 0 Å². The third-order valence-electron chi connectivity index (χ3n) is 4.83. The van der Waals surface area contributed by atoms with Crippen molar-refractivity contribution in [3.05, 3.63) is 0 Å². The van der Waals surface area contributed by atoms with Crippen LogP contribution in [-0.2, 0) is 24.0 Å². The van der Waals surface area contributed by atoms with Crippen molar-refractivity contribution < 1.29 is 29.1 Å². The molecule has 0 aromatic rings. The number of carboxylic acid groups (broad SMARTS) is 1. The zero-order valence-corrected chi connectivity index (χ0v) is 17.1. The molecule has 170 valence electrons. The summed E-state index contributed by atoms with van der Waals surface area (Å²) >= 11 is 0. The van der Waals surface area contributed by atoms with Gasteiger partial charge in [0, 0.05) is 6.54 Å². The highest BCUT2D eigenvalue weighted by molar-refractivity contribution is 5.96. The summed E-state index contributed by atoms with van der Waals surface area (Å²) in [4.78, 5) is 61.6. The van der Waals surface area contributed by atoms with E-state index in [4.69, 9.17) is 17.2 Å². The largest absolute Gasteiger partial charge is 0.480 e. The minimum atomic E-state index is -1.36. The molecule has 1 heterocycles. The van der Waals surface area contributed by atoms with Gasteiger partial charge in [0.1, 0.15) is 18.1 Å². The van der Waals surface area contributed by atoms with E-state index in [9.17, 15) is 29.1 Å². The van der Waals surface area contributed by atoms with Gasteiger partial charge in [0.25, 0.3) is 0 Å². The quantitative estimate of drug-likeness (QED) is 0.181. The Bertz CT molecular complexity index is 655. The minimum absolute atomic E-state index is 0.148. The highest BCUT2D eigenvalue weighted by Gasteiger charge is 2.37. The van der Waals surface area contributed by atoms with Crippen LogP contribution in [0.5, 0.6) is 0 Å². The van der Waals surface area contributed by atoms with Crippen molar-refractivity contribution in [2.75, 3.05) is 13.1 Å². The van der Waals surface area contributed by atoms with E-state index in [0.717, 1.165) is 0 Å². The second kappa shape index (κ2) is 12.1. The summed E-state index contributed by atoms with van der Waals surface area (Å²) in [5.74, 6) is -3.95. The molecule has 1 fully saturated rings. The highest BCUT2D eigenvalue weighted by Crippen LogP contribution is 2.18. The molecule has 0 bridgehead atoms. The molecule has 9 N–H and O–H groups in total. The topological polar surface area (TPSA) is 211 Å². The number of unbranched alkanes of at least 4 members (excludes halogenated alkanes) is 1. The third kappa shape index (κ3) is 7.59. The molecule has 0 aromatic heterocycles. The Morgan fingerprint density at radius 1 is 1.13 bits per heavy atom. The first-order valence-corrected chi connectivity index (χ1v) is 9.96. The third-order valence-corrected chi connectivity index (χ3v) is 4.83. The molecule has 0 aromatic carbocycles. The molecule has 1 rings (SSSR count). The predicted octanol–water partition coefficient (Wildman–Crippen LogP) is -2.62. The van der Waals surface area contributed by atoms with Crippen LogP contribution in [0.3, 0.4) is 0 Å². The number of nitrogens with two attached hydrogens (primary N) is 3. The minimum Gasteiger partial charge on any atom is -0.480 e. The molecule has 0 aliphatic carbocycles. The fourth-order valence-electron chi connectivity index (χ4n) is 3.27. The molecule has 1 aliphatic rings. The molecule has 0 saturated carbocycles. The number of aliphatic carboxylic acids is 1. The molecule has 4 unspecified atom stereocenters. The Balaban J connectivity index is 2.86. The second-order valence-electron chi connectivity index (χ2n) is 7.39. The Morgan fingerprint density at radius 3 is 2.33 bits per heavy atom. The average Bonchev–Trinajstić information content (AvgIpc) is 3.15. The van der Waals surface area contributed by atoms with Crippen LogP contribution >= 0.6 is 0 Å². The van der Waals surface area contributed by atoms with Crippen LogP contribution in [0.2, 0.25) is 0 Å². The number of hydrogen-bond acceptors (Lipinski definition) is 7. The maximum absolute atomic E-state index is 12.7. The van der Waals surface area contributed by atoms with Gasteiger partial charge in [0.2, 0.25) is 23.6 Å². The summed E-state index contributed by atoms with van der Waals surface area (Å²) in [6, 6.07) is -4.17. The van der Waals surface area contributed by atoms with Crippen molar-refractivity contribution in [2.45, 2.75) is 69.6 Å². The van der Waals surface area contributed by atoms with E-state index < -0.39 is 60.2 Å². The van der Waals surface area contributed by atoms with Gasteiger partial charge in [-0.1, -0.05) is 0 Å². The maximum atomic E-state index is 12.7. The van der Waals surface area contributed by atoms with Crippen LogP contribution in [0.25, 0.3) is 0 Å². The predicted molar refractivity (Wildman–Crippen MR) is 107 cm³/mol. The van der Waals surface area contributed by atoms with E-state index >= 15 is 0 Å². The Kier molecular flexibility index (Phi) is 10.2. The molecule has 1 saturated heterocycles.